The van der Waals surface area contributed by atoms with Crippen molar-refractivity contribution in [2.24, 2.45) is 5.73 Å². The van der Waals surface area contributed by atoms with Crippen molar-refractivity contribution >= 4 is 17.7 Å². The van der Waals surface area contributed by atoms with Crippen LogP contribution in [-0.2, 0) is 14.2 Å². The maximum atomic E-state index is 12.4. The molecule has 1 aromatic rings. The summed E-state index contributed by atoms with van der Waals surface area (Å²) in [4.78, 5) is 14.0. The van der Waals surface area contributed by atoms with Crippen molar-refractivity contribution in [3.63, 3.8) is 0 Å². The Morgan fingerprint density at radius 2 is 2.24 bits per heavy atom. The van der Waals surface area contributed by atoms with Gasteiger partial charge < -0.3 is 24.8 Å². The van der Waals surface area contributed by atoms with Crippen LogP contribution in [0.15, 0.2) is 24.3 Å². The van der Waals surface area contributed by atoms with Crippen molar-refractivity contribution < 1.29 is 19.0 Å². The van der Waals surface area contributed by atoms with Crippen LogP contribution in [0.4, 0.5) is 4.79 Å². The van der Waals surface area contributed by atoms with Gasteiger partial charge in [0.2, 0.25) is 0 Å². The lowest BCUT2D eigenvalue weighted by Crippen LogP contribution is -2.49. The first-order chi connectivity index (χ1) is 11.8. The van der Waals surface area contributed by atoms with Crippen molar-refractivity contribution in [2.75, 3.05) is 32.8 Å². The molecule has 1 fully saturated rings. The Hall–Kier alpha value is -1.34. The van der Waals surface area contributed by atoms with E-state index in [0.29, 0.717) is 37.9 Å². The molecule has 2 atom stereocenters. The maximum Gasteiger partial charge on any atom is 0.410 e. The van der Waals surface area contributed by atoms with E-state index in [4.69, 9.17) is 31.5 Å². The Labute approximate surface area is 154 Å². The second-order valence-electron chi connectivity index (χ2n) is 6.97. The van der Waals surface area contributed by atoms with Gasteiger partial charge in [-0.2, -0.15) is 0 Å². The molecule has 1 aliphatic heterocycles. The average molecular weight is 371 g/mol. The molecule has 0 aromatic heterocycles. The quantitative estimate of drug-likeness (QED) is 0.862. The van der Waals surface area contributed by atoms with Gasteiger partial charge in [0, 0.05) is 18.1 Å². The smallest absolute Gasteiger partial charge is 0.410 e. The summed E-state index contributed by atoms with van der Waals surface area (Å²) in [6, 6.07) is 7.45. The van der Waals surface area contributed by atoms with Crippen molar-refractivity contribution in [3.05, 3.63) is 34.9 Å². The zero-order valence-corrected chi connectivity index (χ0v) is 15.8. The van der Waals surface area contributed by atoms with Crippen LogP contribution in [0.5, 0.6) is 0 Å². The highest BCUT2D eigenvalue weighted by molar-refractivity contribution is 6.30. The molecular weight excluding hydrogens is 344 g/mol. The van der Waals surface area contributed by atoms with Gasteiger partial charge in [-0.25, -0.2) is 4.79 Å². The summed E-state index contributed by atoms with van der Waals surface area (Å²) >= 11 is 6.11. The van der Waals surface area contributed by atoms with E-state index in [1.54, 1.807) is 11.0 Å². The molecule has 2 rings (SSSR count). The molecule has 1 aromatic carbocycles. The standard InChI is InChI=1S/C18H27ClN2O4/c1-18(2,3)25-17(22)21-8-10-23-15(12-21)16(24-9-7-20)13-5-4-6-14(19)11-13/h4-6,11,15-16H,7-10,12,20H2,1-3H3/t15-,16+/m1/s1. The Morgan fingerprint density at radius 3 is 2.88 bits per heavy atom. The molecule has 6 nitrogen and oxygen atoms in total. The van der Waals surface area contributed by atoms with E-state index < -0.39 is 5.60 Å². The molecule has 1 amide bonds. The number of hydrogen-bond donors (Lipinski definition) is 1. The lowest BCUT2D eigenvalue weighted by atomic mass is 10.0. The van der Waals surface area contributed by atoms with Crippen molar-refractivity contribution in [2.45, 2.75) is 38.6 Å². The SMILES string of the molecule is CC(C)(C)OC(=O)N1CCO[C@@H]([C@@H](OCCN)c2cccc(Cl)c2)C1. The zero-order chi connectivity index (χ0) is 18.4. The molecule has 0 saturated carbocycles. The molecule has 0 aliphatic carbocycles. The van der Waals surface area contributed by atoms with Crippen molar-refractivity contribution in [1.82, 2.24) is 4.90 Å². The fourth-order valence-electron chi connectivity index (χ4n) is 2.65. The van der Waals surface area contributed by atoms with Crippen molar-refractivity contribution in [1.29, 1.82) is 0 Å². The van der Waals surface area contributed by atoms with Gasteiger partial charge in [0.25, 0.3) is 0 Å². The number of ether oxygens (including phenoxy) is 3. The number of rotatable bonds is 5. The predicted molar refractivity (Wildman–Crippen MR) is 96.7 cm³/mol. The van der Waals surface area contributed by atoms with E-state index >= 15 is 0 Å². The third-order valence-electron chi connectivity index (χ3n) is 3.68. The first kappa shape index (κ1) is 20.0. The number of hydrogen-bond acceptors (Lipinski definition) is 5. The second kappa shape index (κ2) is 8.85. The van der Waals surface area contributed by atoms with Crippen LogP contribution in [0.25, 0.3) is 0 Å². The summed E-state index contributed by atoms with van der Waals surface area (Å²) in [6.45, 7) is 7.64. The normalized spacial score (nSPS) is 19.6. The first-order valence-electron chi connectivity index (χ1n) is 8.47. The third kappa shape index (κ3) is 6.15. The van der Waals surface area contributed by atoms with Crippen LogP contribution in [0.2, 0.25) is 5.02 Å². The fraction of sp³-hybridized carbons (Fsp3) is 0.611. The lowest BCUT2D eigenvalue weighted by molar-refractivity contribution is -0.112. The molecule has 25 heavy (non-hydrogen) atoms. The second-order valence-corrected chi connectivity index (χ2v) is 7.41. The van der Waals surface area contributed by atoms with E-state index in [9.17, 15) is 4.79 Å². The highest BCUT2D eigenvalue weighted by Gasteiger charge is 2.33. The number of morpholine rings is 1. The van der Waals surface area contributed by atoms with Crippen LogP contribution in [-0.4, -0.2) is 55.5 Å². The minimum atomic E-state index is -0.534. The summed E-state index contributed by atoms with van der Waals surface area (Å²) < 4.78 is 17.3. The van der Waals surface area contributed by atoms with Gasteiger partial charge >= 0.3 is 6.09 Å². The molecule has 7 heteroatoms. The summed E-state index contributed by atoms with van der Waals surface area (Å²) in [6.07, 6.45) is -1.01. The average Bonchev–Trinajstić information content (AvgIpc) is 2.54. The number of nitrogens with two attached hydrogens (primary N) is 1. The van der Waals surface area contributed by atoms with Crippen LogP contribution in [0.3, 0.4) is 0 Å². The van der Waals surface area contributed by atoms with Crippen LogP contribution >= 0.6 is 11.6 Å². The Kier molecular flexibility index (Phi) is 7.07. The van der Waals surface area contributed by atoms with E-state index in [1.807, 2.05) is 39.0 Å². The van der Waals surface area contributed by atoms with E-state index in [1.165, 1.54) is 0 Å². The van der Waals surface area contributed by atoms with E-state index in [-0.39, 0.29) is 18.3 Å². The molecule has 0 unspecified atom stereocenters. The number of halogens is 1. The van der Waals surface area contributed by atoms with Gasteiger partial charge in [0.05, 0.1) is 19.8 Å². The number of carbonyl (C=O) groups excluding carboxylic acids is 1. The molecule has 2 N–H and O–H groups in total. The summed E-state index contributed by atoms with van der Waals surface area (Å²) in [7, 11) is 0. The summed E-state index contributed by atoms with van der Waals surface area (Å²) in [5.74, 6) is 0. The monoisotopic (exact) mass is 370 g/mol. The minimum absolute atomic E-state index is 0.314. The third-order valence-corrected chi connectivity index (χ3v) is 3.91. The minimum Gasteiger partial charge on any atom is -0.444 e. The lowest BCUT2D eigenvalue weighted by Gasteiger charge is -2.37. The number of nitrogens with zero attached hydrogens (tertiary/aromatic N) is 1. The summed E-state index contributed by atoms with van der Waals surface area (Å²) in [5.41, 5.74) is 5.95. The maximum absolute atomic E-state index is 12.4. The van der Waals surface area contributed by atoms with Gasteiger partial charge in [-0.15, -0.1) is 0 Å². The molecule has 0 spiro atoms. The summed E-state index contributed by atoms with van der Waals surface area (Å²) in [5, 5.41) is 0.624. The highest BCUT2D eigenvalue weighted by atomic mass is 35.5. The predicted octanol–water partition coefficient (Wildman–Crippen LogP) is 2.99. The van der Waals surface area contributed by atoms with Gasteiger partial charge in [-0.3, -0.25) is 0 Å². The zero-order valence-electron chi connectivity index (χ0n) is 15.0. The molecule has 1 heterocycles. The molecule has 1 saturated heterocycles. The Bertz CT molecular complexity index is 576. The number of carbonyl (C=O) groups is 1. The molecule has 0 bridgehead atoms. The van der Waals surface area contributed by atoms with Crippen LogP contribution < -0.4 is 5.73 Å². The van der Waals surface area contributed by atoms with Gasteiger partial charge in [0.15, 0.2) is 0 Å². The topological polar surface area (TPSA) is 74.0 Å². The van der Waals surface area contributed by atoms with Gasteiger partial charge in [-0.05, 0) is 38.5 Å². The molecule has 1 aliphatic rings. The molecular formula is C18H27ClN2O4. The largest absolute Gasteiger partial charge is 0.444 e. The van der Waals surface area contributed by atoms with E-state index in [2.05, 4.69) is 0 Å². The van der Waals surface area contributed by atoms with Gasteiger partial charge in [-0.1, -0.05) is 23.7 Å². The van der Waals surface area contributed by atoms with Crippen molar-refractivity contribution in [3.8, 4) is 0 Å². The Morgan fingerprint density at radius 1 is 1.48 bits per heavy atom. The first-order valence-corrected chi connectivity index (χ1v) is 8.84. The van der Waals surface area contributed by atoms with Crippen LogP contribution in [0.1, 0.15) is 32.4 Å². The van der Waals surface area contributed by atoms with E-state index in [0.717, 1.165) is 5.56 Å². The fourth-order valence-corrected chi connectivity index (χ4v) is 2.85. The number of amides is 1. The molecule has 140 valence electrons. The Balaban J connectivity index is 2.12. The highest BCUT2D eigenvalue weighted by Crippen LogP contribution is 2.28. The number of benzene rings is 1. The van der Waals surface area contributed by atoms with Crippen LogP contribution in [0, 0.1) is 0 Å². The van der Waals surface area contributed by atoms with Gasteiger partial charge in [0.1, 0.15) is 17.8 Å². The molecule has 0 radical (unpaired) electrons.